The maximum absolute atomic E-state index is 11.5. The number of carbonyl (C=O) groups is 1. The highest BCUT2D eigenvalue weighted by atomic mass is 16.3. The molecule has 1 aliphatic rings. The molecule has 1 rings (SSSR count). The Morgan fingerprint density at radius 1 is 1.57 bits per heavy atom. The normalized spacial score (nSPS) is 32.5. The van der Waals surface area contributed by atoms with E-state index in [1.807, 2.05) is 13.8 Å². The Balaban J connectivity index is 2.34. The number of aliphatic hydroxyl groups is 1. The second-order valence-corrected chi connectivity index (χ2v) is 5.06. The molecule has 1 unspecified atom stereocenters. The third-order valence-corrected chi connectivity index (χ3v) is 3.20. The van der Waals surface area contributed by atoms with Gasteiger partial charge in [0.05, 0.1) is 26.6 Å². The molecule has 0 aromatic heterocycles. The first-order valence-electron chi connectivity index (χ1n) is 5.47. The molecule has 82 valence electrons. The number of quaternary nitrogens is 1. The van der Waals surface area contributed by atoms with E-state index in [0.717, 1.165) is 30.5 Å². The van der Waals surface area contributed by atoms with E-state index in [2.05, 4.69) is 7.05 Å². The number of carbonyl (C=O) groups excluding carboxylic acids is 1. The summed E-state index contributed by atoms with van der Waals surface area (Å²) in [4.78, 5) is 11.5. The molecule has 1 fully saturated rings. The number of likely N-dealkylation sites (N-methyl/N-ethyl adjacent to an activating group) is 1. The standard InChI is InChI=1S/C11H22NO2/c1-9(2)11(14)5-7-12(3)6-4-10(13)8-12/h9-10,13H,4-8H2,1-3H3/q+1/t10-,12?/m1/s1. The van der Waals surface area contributed by atoms with Gasteiger partial charge in [0, 0.05) is 12.3 Å². The average molecular weight is 200 g/mol. The van der Waals surface area contributed by atoms with Crippen LogP contribution in [0.3, 0.4) is 0 Å². The summed E-state index contributed by atoms with van der Waals surface area (Å²) in [5, 5.41) is 9.44. The van der Waals surface area contributed by atoms with Crippen molar-refractivity contribution in [1.82, 2.24) is 0 Å². The quantitative estimate of drug-likeness (QED) is 0.682. The Kier molecular flexibility index (Phi) is 3.67. The number of hydrogen-bond acceptors (Lipinski definition) is 2. The highest BCUT2D eigenvalue weighted by Gasteiger charge is 2.33. The van der Waals surface area contributed by atoms with Gasteiger partial charge in [-0.2, -0.15) is 0 Å². The Hall–Kier alpha value is -0.410. The highest BCUT2D eigenvalue weighted by molar-refractivity contribution is 5.80. The molecule has 1 N–H and O–H groups in total. The van der Waals surface area contributed by atoms with Gasteiger partial charge in [0.2, 0.25) is 0 Å². The van der Waals surface area contributed by atoms with Crippen LogP contribution < -0.4 is 0 Å². The molecular weight excluding hydrogens is 178 g/mol. The Morgan fingerprint density at radius 3 is 2.64 bits per heavy atom. The van der Waals surface area contributed by atoms with Crippen LogP contribution in [0.2, 0.25) is 0 Å². The van der Waals surface area contributed by atoms with Crippen molar-refractivity contribution in [3.8, 4) is 0 Å². The number of rotatable bonds is 4. The first-order chi connectivity index (χ1) is 6.43. The summed E-state index contributed by atoms with van der Waals surface area (Å²) in [5.74, 6) is 0.486. The van der Waals surface area contributed by atoms with Crippen LogP contribution >= 0.6 is 0 Å². The van der Waals surface area contributed by atoms with E-state index in [0.29, 0.717) is 12.2 Å². The molecule has 1 saturated heterocycles. The fourth-order valence-electron chi connectivity index (χ4n) is 2.02. The summed E-state index contributed by atoms with van der Waals surface area (Å²) in [5.41, 5.74) is 0. The van der Waals surface area contributed by atoms with Gasteiger partial charge in [-0.15, -0.1) is 0 Å². The molecule has 1 aliphatic heterocycles. The minimum Gasteiger partial charge on any atom is -0.387 e. The SMILES string of the molecule is CC(C)C(=O)CC[N+]1(C)CC[C@@H](O)C1. The molecule has 0 saturated carbocycles. The van der Waals surface area contributed by atoms with Crippen LogP contribution in [0.4, 0.5) is 0 Å². The molecular formula is C11H22NO2+. The lowest BCUT2D eigenvalue weighted by Gasteiger charge is -2.29. The predicted octanol–water partition coefficient (Wildman–Crippen LogP) is 0.813. The summed E-state index contributed by atoms with van der Waals surface area (Å²) >= 11 is 0. The van der Waals surface area contributed by atoms with Crippen molar-refractivity contribution in [2.24, 2.45) is 5.92 Å². The predicted molar refractivity (Wildman–Crippen MR) is 55.9 cm³/mol. The van der Waals surface area contributed by atoms with Crippen LogP contribution in [-0.2, 0) is 4.79 Å². The van der Waals surface area contributed by atoms with E-state index in [-0.39, 0.29) is 12.0 Å². The second-order valence-electron chi connectivity index (χ2n) is 5.06. The van der Waals surface area contributed by atoms with Gasteiger partial charge in [-0.1, -0.05) is 13.8 Å². The van der Waals surface area contributed by atoms with Crippen LogP contribution in [-0.4, -0.2) is 48.2 Å². The molecule has 0 bridgehead atoms. The third kappa shape index (κ3) is 3.07. The number of nitrogens with zero attached hydrogens (tertiary/aromatic N) is 1. The van der Waals surface area contributed by atoms with Gasteiger partial charge in [0.1, 0.15) is 18.4 Å². The van der Waals surface area contributed by atoms with Gasteiger partial charge in [0.25, 0.3) is 0 Å². The molecule has 2 atom stereocenters. The van der Waals surface area contributed by atoms with E-state index < -0.39 is 0 Å². The third-order valence-electron chi connectivity index (χ3n) is 3.20. The van der Waals surface area contributed by atoms with Gasteiger partial charge >= 0.3 is 0 Å². The summed E-state index contributed by atoms with van der Waals surface area (Å²) in [7, 11) is 2.13. The molecule has 0 spiro atoms. The van der Waals surface area contributed by atoms with Crippen LogP contribution in [0.1, 0.15) is 26.7 Å². The second kappa shape index (κ2) is 4.41. The molecule has 0 aromatic rings. The van der Waals surface area contributed by atoms with Crippen molar-refractivity contribution in [1.29, 1.82) is 0 Å². The fraction of sp³-hybridized carbons (Fsp3) is 0.909. The number of Topliss-reactive ketones (excluding diaryl/α,β-unsaturated/α-hetero) is 1. The van der Waals surface area contributed by atoms with Gasteiger partial charge in [-0.25, -0.2) is 0 Å². The van der Waals surface area contributed by atoms with Crippen LogP contribution in [0.5, 0.6) is 0 Å². The smallest absolute Gasteiger partial charge is 0.141 e. The molecule has 1 heterocycles. The van der Waals surface area contributed by atoms with Crippen molar-refractivity contribution < 1.29 is 14.4 Å². The summed E-state index contributed by atoms with van der Waals surface area (Å²) in [6, 6.07) is 0. The maximum Gasteiger partial charge on any atom is 0.141 e. The minimum absolute atomic E-state index is 0.147. The van der Waals surface area contributed by atoms with E-state index in [9.17, 15) is 9.90 Å². The Labute approximate surface area is 86.3 Å². The molecule has 0 radical (unpaired) electrons. The average Bonchev–Trinajstić information content (AvgIpc) is 2.43. The van der Waals surface area contributed by atoms with Gasteiger partial charge < -0.3 is 9.59 Å². The summed E-state index contributed by atoms with van der Waals surface area (Å²) in [6.45, 7) is 6.59. The minimum atomic E-state index is -0.158. The first-order valence-corrected chi connectivity index (χ1v) is 5.47. The van der Waals surface area contributed by atoms with Crippen molar-refractivity contribution in [2.75, 3.05) is 26.7 Å². The molecule has 3 heteroatoms. The van der Waals surface area contributed by atoms with Crippen LogP contribution in [0.15, 0.2) is 0 Å². The number of likely N-dealkylation sites (tertiary alicyclic amines) is 1. The van der Waals surface area contributed by atoms with Crippen molar-refractivity contribution in [2.45, 2.75) is 32.8 Å². The molecule has 3 nitrogen and oxygen atoms in total. The lowest BCUT2D eigenvalue weighted by molar-refractivity contribution is -0.898. The molecule has 0 amide bonds. The van der Waals surface area contributed by atoms with Crippen molar-refractivity contribution >= 4 is 5.78 Å². The molecule has 14 heavy (non-hydrogen) atoms. The van der Waals surface area contributed by atoms with Gasteiger partial charge in [0.15, 0.2) is 0 Å². The fourth-order valence-corrected chi connectivity index (χ4v) is 2.02. The Bertz CT molecular complexity index is 215. The summed E-state index contributed by atoms with van der Waals surface area (Å²) in [6.07, 6.45) is 1.38. The topological polar surface area (TPSA) is 37.3 Å². The zero-order valence-electron chi connectivity index (χ0n) is 9.49. The van der Waals surface area contributed by atoms with E-state index in [1.54, 1.807) is 0 Å². The summed E-state index contributed by atoms with van der Waals surface area (Å²) < 4.78 is 0.861. The van der Waals surface area contributed by atoms with Crippen LogP contribution in [0.25, 0.3) is 0 Å². The first kappa shape index (κ1) is 11.7. The maximum atomic E-state index is 11.5. The monoisotopic (exact) mass is 200 g/mol. The lowest BCUT2D eigenvalue weighted by Crippen LogP contribution is -2.44. The van der Waals surface area contributed by atoms with E-state index in [4.69, 9.17) is 0 Å². The van der Waals surface area contributed by atoms with E-state index in [1.165, 1.54) is 0 Å². The molecule has 0 aliphatic carbocycles. The largest absolute Gasteiger partial charge is 0.387 e. The number of hydrogen-bond donors (Lipinski definition) is 1. The van der Waals surface area contributed by atoms with Gasteiger partial charge in [-0.3, -0.25) is 4.79 Å². The lowest BCUT2D eigenvalue weighted by atomic mass is 10.1. The number of ketones is 1. The van der Waals surface area contributed by atoms with E-state index >= 15 is 0 Å². The highest BCUT2D eigenvalue weighted by Crippen LogP contribution is 2.18. The van der Waals surface area contributed by atoms with Crippen molar-refractivity contribution in [3.05, 3.63) is 0 Å². The number of aliphatic hydroxyl groups excluding tert-OH is 1. The Morgan fingerprint density at radius 2 is 2.21 bits per heavy atom. The van der Waals surface area contributed by atoms with Crippen LogP contribution in [0, 0.1) is 5.92 Å². The van der Waals surface area contributed by atoms with Gasteiger partial charge in [-0.05, 0) is 0 Å². The van der Waals surface area contributed by atoms with Crippen molar-refractivity contribution in [3.63, 3.8) is 0 Å². The zero-order valence-corrected chi connectivity index (χ0v) is 9.49. The zero-order chi connectivity index (χ0) is 10.8. The molecule has 0 aromatic carbocycles.